The van der Waals surface area contributed by atoms with E-state index < -0.39 is 0 Å². The lowest BCUT2D eigenvalue weighted by molar-refractivity contribution is 0.356. The number of nitrogens with zero attached hydrogens (tertiary/aromatic N) is 1. The van der Waals surface area contributed by atoms with Gasteiger partial charge in [0.05, 0.1) is 19.8 Å². The Morgan fingerprint density at radius 3 is 2.35 bits per heavy atom. The number of rotatable bonds is 3. The van der Waals surface area contributed by atoms with Gasteiger partial charge in [-0.1, -0.05) is 24.3 Å². The fourth-order valence-corrected chi connectivity index (χ4v) is 4.78. The van der Waals surface area contributed by atoms with Crippen LogP contribution in [-0.4, -0.2) is 20.5 Å². The maximum Gasteiger partial charge on any atom is 0.161 e. The first kappa shape index (κ1) is 16.8. The molecular weight excluding hydrogens is 342 g/mol. The van der Waals surface area contributed by atoms with E-state index in [0.29, 0.717) is 11.5 Å². The van der Waals surface area contributed by atoms with Crippen molar-refractivity contribution in [3.63, 3.8) is 0 Å². The number of benzene rings is 3. The minimum absolute atomic E-state index is 0.646. The van der Waals surface area contributed by atoms with E-state index in [4.69, 9.17) is 9.47 Å². The molecule has 0 atom stereocenters. The van der Waals surface area contributed by atoms with Gasteiger partial charge in [0.25, 0.3) is 0 Å². The molecule has 0 unspecified atom stereocenters. The van der Waals surface area contributed by atoms with E-state index in [1.165, 1.54) is 22.3 Å². The van der Waals surface area contributed by atoms with Crippen molar-refractivity contribution in [2.75, 3.05) is 20.5 Å². The molecule has 0 saturated heterocycles. The van der Waals surface area contributed by atoms with Crippen LogP contribution in [0.3, 0.4) is 0 Å². The Hall–Kier alpha value is -2.64. The molecule has 0 aromatic heterocycles. The van der Waals surface area contributed by atoms with E-state index in [2.05, 4.69) is 30.3 Å². The average Bonchev–Trinajstić information content (AvgIpc) is 2.70. The SMILES string of the molecule is COc1cc2c(C#N)c(SC)c3c(c2cc1OC)-c1ccccc1CC3. The number of ether oxygens (including phenoxy) is 2. The van der Waals surface area contributed by atoms with Crippen LogP contribution in [-0.2, 0) is 12.8 Å². The highest BCUT2D eigenvalue weighted by Gasteiger charge is 2.25. The molecule has 0 N–H and O–H groups in total. The third-order valence-corrected chi connectivity index (χ3v) is 5.97. The van der Waals surface area contributed by atoms with E-state index in [9.17, 15) is 5.26 Å². The van der Waals surface area contributed by atoms with Crippen molar-refractivity contribution in [3.05, 3.63) is 53.1 Å². The highest BCUT2D eigenvalue weighted by Crippen LogP contribution is 2.47. The van der Waals surface area contributed by atoms with Gasteiger partial charge in [-0.15, -0.1) is 11.8 Å². The molecule has 3 nitrogen and oxygen atoms in total. The monoisotopic (exact) mass is 361 g/mol. The number of fused-ring (bicyclic) bond motifs is 5. The molecule has 1 aliphatic rings. The number of hydrogen-bond acceptors (Lipinski definition) is 4. The van der Waals surface area contributed by atoms with Crippen LogP contribution >= 0.6 is 11.8 Å². The largest absolute Gasteiger partial charge is 0.493 e. The zero-order chi connectivity index (χ0) is 18.3. The summed E-state index contributed by atoms with van der Waals surface area (Å²) in [5.74, 6) is 1.33. The molecule has 0 spiro atoms. The zero-order valence-corrected chi connectivity index (χ0v) is 15.9. The summed E-state index contributed by atoms with van der Waals surface area (Å²) >= 11 is 1.65. The maximum atomic E-state index is 9.90. The first-order valence-corrected chi connectivity index (χ1v) is 9.72. The number of hydrogen-bond donors (Lipinski definition) is 0. The van der Waals surface area contributed by atoms with Crippen LogP contribution in [0.1, 0.15) is 16.7 Å². The second kappa shape index (κ2) is 6.59. The first-order valence-electron chi connectivity index (χ1n) is 8.50. The van der Waals surface area contributed by atoms with E-state index in [-0.39, 0.29) is 0 Å². The molecule has 0 fully saturated rings. The topological polar surface area (TPSA) is 42.2 Å². The number of methoxy groups -OCH3 is 2. The number of aryl methyl sites for hydroxylation is 1. The zero-order valence-electron chi connectivity index (χ0n) is 15.1. The fourth-order valence-electron chi connectivity index (χ4n) is 3.97. The Labute approximate surface area is 157 Å². The van der Waals surface area contributed by atoms with Gasteiger partial charge in [-0.2, -0.15) is 5.26 Å². The second-order valence-electron chi connectivity index (χ2n) is 6.28. The Bertz CT molecular complexity index is 1070. The lowest BCUT2D eigenvalue weighted by Crippen LogP contribution is -2.08. The molecule has 0 aliphatic heterocycles. The summed E-state index contributed by atoms with van der Waals surface area (Å²) in [4.78, 5) is 1.08. The molecule has 1 aliphatic carbocycles. The molecule has 4 rings (SSSR count). The average molecular weight is 361 g/mol. The van der Waals surface area contributed by atoms with Crippen LogP contribution in [0.15, 0.2) is 41.3 Å². The molecule has 0 saturated carbocycles. The van der Waals surface area contributed by atoms with Crippen molar-refractivity contribution in [2.24, 2.45) is 0 Å². The first-order chi connectivity index (χ1) is 12.7. The maximum absolute atomic E-state index is 9.90. The lowest BCUT2D eigenvalue weighted by Gasteiger charge is -2.25. The molecule has 0 radical (unpaired) electrons. The van der Waals surface area contributed by atoms with Crippen molar-refractivity contribution in [3.8, 4) is 28.7 Å². The van der Waals surface area contributed by atoms with Gasteiger partial charge in [-0.25, -0.2) is 0 Å². The van der Waals surface area contributed by atoms with E-state index in [0.717, 1.165) is 34.1 Å². The van der Waals surface area contributed by atoms with Crippen molar-refractivity contribution in [2.45, 2.75) is 17.7 Å². The fraction of sp³-hybridized carbons (Fsp3) is 0.227. The summed E-state index contributed by atoms with van der Waals surface area (Å²) in [5, 5.41) is 11.9. The Balaban J connectivity index is 2.22. The van der Waals surface area contributed by atoms with Crippen LogP contribution in [0, 0.1) is 11.3 Å². The van der Waals surface area contributed by atoms with Gasteiger partial charge in [0.1, 0.15) is 6.07 Å². The summed E-state index contributed by atoms with van der Waals surface area (Å²) in [6, 6.07) is 14.9. The molecule has 130 valence electrons. The quantitative estimate of drug-likeness (QED) is 0.600. The van der Waals surface area contributed by atoms with E-state index in [1.807, 2.05) is 18.4 Å². The van der Waals surface area contributed by atoms with Gasteiger partial charge in [0.2, 0.25) is 0 Å². The van der Waals surface area contributed by atoms with Crippen LogP contribution in [0.4, 0.5) is 0 Å². The molecule has 26 heavy (non-hydrogen) atoms. The predicted octanol–water partition coefficient (Wildman–Crippen LogP) is 5.22. The smallest absolute Gasteiger partial charge is 0.161 e. The minimum Gasteiger partial charge on any atom is -0.493 e. The summed E-state index contributed by atoms with van der Waals surface area (Å²) in [6.07, 6.45) is 3.99. The van der Waals surface area contributed by atoms with Gasteiger partial charge in [-0.3, -0.25) is 0 Å². The summed E-state index contributed by atoms with van der Waals surface area (Å²) < 4.78 is 11.0. The second-order valence-corrected chi connectivity index (χ2v) is 7.10. The summed E-state index contributed by atoms with van der Waals surface area (Å²) in [5.41, 5.74) is 5.84. The Kier molecular flexibility index (Phi) is 4.26. The standard InChI is InChI=1S/C22H19NO2S/c1-24-19-10-16-17(11-20(19)25-2)21-14-7-5-4-6-13(14)8-9-15(21)22(26-3)18(16)12-23/h4-7,10-11H,8-9H2,1-3H3. The van der Waals surface area contributed by atoms with Gasteiger partial charge in [0, 0.05) is 10.3 Å². The third-order valence-electron chi connectivity index (χ3n) is 5.11. The van der Waals surface area contributed by atoms with Crippen molar-refractivity contribution < 1.29 is 9.47 Å². The van der Waals surface area contributed by atoms with Gasteiger partial charge in [0.15, 0.2) is 11.5 Å². The third kappa shape index (κ3) is 2.35. The molecular formula is C22H19NO2S. The van der Waals surface area contributed by atoms with E-state index in [1.54, 1.807) is 26.0 Å². The number of nitriles is 1. The van der Waals surface area contributed by atoms with Crippen molar-refractivity contribution in [1.82, 2.24) is 0 Å². The molecule has 0 bridgehead atoms. The normalized spacial score (nSPS) is 12.2. The van der Waals surface area contributed by atoms with Gasteiger partial charge < -0.3 is 9.47 Å². The molecule has 0 heterocycles. The van der Waals surface area contributed by atoms with Crippen LogP contribution in [0.2, 0.25) is 0 Å². The van der Waals surface area contributed by atoms with Gasteiger partial charge >= 0.3 is 0 Å². The van der Waals surface area contributed by atoms with Crippen LogP contribution < -0.4 is 9.47 Å². The molecule has 3 aromatic rings. The molecule has 0 amide bonds. The summed E-state index contributed by atoms with van der Waals surface area (Å²) in [7, 11) is 3.27. The van der Waals surface area contributed by atoms with Crippen molar-refractivity contribution >= 4 is 22.5 Å². The molecule has 4 heteroatoms. The summed E-state index contributed by atoms with van der Waals surface area (Å²) in [6.45, 7) is 0. The molecule has 3 aromatic carbocycles. The van der Waals surface area contributed by atoms with E-state index >= 15 is 0 Å². The highest BCUT2D eigenvalue weighted by molar-refractivity contribution is 7.98. The number of thioether (sulfide) groups is 1. The Morgan fingerprint density at radius 2 is 1.69 bits per heavy atom. The predicted molar refractivity (Wildman–Crippen MR) is 106 cm³/mol. The van der Waals surface area contributed by atoms with Gasteiger partial charge in [-0.05, 0) is 58.9 Å². The highest BCUT2D eigenvalue weighted by atomic mass is 32.2. The lowest BCUT2D eigenvalue weighted by atomic mass is 9.81. The van der Waals surface area contributed by atoms with Crippen LogP contribution in [0.25, 0.3) is 21.9 Å². The Morgan fingerprint density at radius 1 is 1.00 bits per heavy atom. The minimum atomic E-state index is 0.646. The van der Waals surface area contributed by atoms with Crippen molar-refractivity contribution in [1.29, 1.82) is 5.26 Å². The van der Waals surface area contributed by atoms with Crippen LogP contribution in [0.5, 0.6) is 11.5 Å².